The van der Waals surface area contributed by atoms with Crippen LogP contribution in [0.1, 0.15) is 25.8 Å². The lowest BCUT2D eigenvalue weighted by atomic mass is 10.2. The molecule has 0 amide bonds. The number of likely N-dealkylation sites (N-methyl/N-ethyl adjacent to an activating group) is 1. The van der Waals surface area contributed by atoms with Gasteiger partial charge in [-0.25, -0.2) is 9.37 Å². The number of nitrogens with one attached hydrogen (secondary N) is 1. The molecule has 0 saturated carbocycles. The Morgan fingerprint density at radius 3 is 3.00 bits per heavy atom. The highest BCUT2D eigenvalue weighted by molar-refractivity contribution is 5.43. The van der Waals surface area contributed by atoms with E-state index < -0.39 is 0 Å². The molecule has 1 N–H and O–H groups in total. The summed E-state index contributed by atoms with van der Waals surface area (Å²) in [5.74, 6) is 0.750. The normalized spacial score (nSPS) is 18.8. The average molecular weight is 281 g/mol. The molecule has 2 heterocycles. The second kappa shape index (κ2) is 6.99. The molecule has 0 spiro atoms. The SMILES string of the molecule is CC(C)CNCc1ccnc(N(C)C2CCOC2)c1F. The standard InChI is InChI=1S/C15H24FN3O/c1-11(2)8-17-9-12-4-6-18-15(14(12)16)19(3)13-5-7-20-10-13/h4,6,11,13,17H,5,7-10H2,1-3H3. The maximum Gasteiger partial charge on any atom is 0.170 e. The Kier molecular flexibility index (Phi) is 5.31. The van der Waals surface area contributed by atoms with E-state index in [2.05, 4.69) is 24.1 Å². The summed E-state index contributed by atoms with van der Waals surface area (Å²) < 4.78 is 19.9. The van der Waals surface area contributed by atoms with Gasteiger partial charge in [0, 0.05) is 32.0 Å². The first kappa shape index (κ1) is 15.2. The molecule has 1 unspecified atom stereocenters. The number of aromatic nitrogens is 1. The molecule has 2 rings (SSSR count). The van der Waals surface area contributed by atoms with Crippen molar-refractivity contribution in [2.45, 2.75) is 32.9 Å². The Balaban J connectivity index is 2.06. The van der Waals surface area contributed by atoms with Crippen LogP contribution in [0.3, 0.4) is 0 Å². The van der Waals surface area contributed by atoms with E-state index in [0.717, 1.165) is 19.6 Å². The fraction of sp³-hybridized carbons (Fsp3) is 0.667. The average Bonchev–Trinajstić information content (AvgIpc) is 2.93. The lowest BCUT2D eigenvalue weighted by Gasteiger charge is -2.25. The fourth-order valence-corrected chi connectivity index (χ4v) is 2.35. The molecule has 5 heteroatoms. The van der Waals surface area contributed by atoms with Gasteiger partial charge in [0.05, 0.1) is 12.6 Å². The summed E-state index contributed by atoms with van der Waals surface area (Å²) in [6.45, 7) is 7.07. The summed E-state index contributed by atoms with van der Waals surface area (Å²) in [5, 5.41) is 3.27. The van der Waals surface area contributed by atoms with E-state index in [1.807, 2.05) is 11.9 Å². The Labute approximate surface area is 120 Å². The molecule has 1 atom stereocenters. The Morgan fingerprint density at radius 1 is 1.55 bits per heavy atom. The molecule has 1 aromatic heterocycles. The lowest BCUT2D eigenvalue weighted by Crippen LogP contribution is -2.33. The zero-order chi connectivity index (χ0) is 14.5. The summed E-state index contributed by atoms with van der Waals surface area (Å²) in [5.41, 5.74) is 0.668. The monoisotopic (exact) mass is 281 g/mol. The van der Waals surface area contributed by atoms with Crippen molar-refractivity contribution >= 4 is 5.82 Å². The van der Waals surface area contributed by atoms with Gasteiger partial charge >= 0.3 is 0 Å². The fourth-order valence-electron chi connectivity index (χ4n) is 2.35. The zero-order valence-electron chi connectivity index (χ0n) is 12.5. The van der Waals surface area contributed by atoms with E-state index in [-0.39, 0.29) is 11.9 Å². The quantitative estimate of drug-likeness (QED) is 0.867. The second-order valence-corrected chi connectivity index (χ2v) is 5.76. The van der Waals surface area contributed by atoms with Gasteiger partial charge in [0.2, 0.25) is 0 Å². The largest absolute Gasteiger partial charge is 0.379 e. The smallest absolute Gasteiger partial charge is 0.170 e. The Bertz CT molecular complexity index is 433. The van der Waals surface area contributed by atoms with E-state index in [1.165, 1.54) is 0 Å². The second-order valence-electron chi connectivity index (χ2n) is 5.76. The number of ether oxygens (including phenoxy) is 1. The minimum absolute atomic E-state index is 0.218. The zero-order valence-corrected chi connectivity index (χ0v) is 12.5. The molecule has 20 heavy (non-hydrogen) atoms. The highest BCUT2D eigenvalue weighted by atomic mass is 19.1. The first-order chi connectivity index (χ1) is 9.59. The van der Waals surface area contributed by atoms with E-state index in [1.54, 1.807) is 12.3 Å². The van der Waals surface area contributed by atoms with Gasteiger partial charge in [-0.05, 0) is 24.9 Å². The number of rotatable bonds is 6. The van der Waals surface area contributed by atoms with Crippen molar-refractivity contribution in [3.63, 3.8) is 0 Å². The molecule has 1 aliphatic heterocycles. The topological polar surface area (TPSA) is 37.4 Å². The molecule has 1 saturated heterocycles. The summed E-state index contributed by atoms with van der Waals surface area (Å²) in [4.78, 5) is 6.09. The number of anilines is 1. The van der Waals surface area contributed by atoms with Crippen LogP contribution < -0.4 is 10.2 Å². The number of halogens is 1. The van der Waals surface area contributed by atoms with Crippen LogP contribution in [0, 0.1) is 11.7 Å². The van der Waals surface area contributed by atoms with Crippen LogP contribution in [0.15, 0.2) is 12.3 Å². The molecule has 0 radical (unpaired) electrons. The van der Waals surface area contributed by atoms with Gasteiger partial charge in [-0.15, -0.1) is 0 Å². The van der Waals surface area contributed by atoms with E-state index in [4.69, 9.17) is 4.74 Å². The van der Waals surface area contributed by atoms with Crippen molar-refractivity contribution in [3.05, 3.63) is 23.6 Å². The van der Waals surface area contributed by atoms with E-state index in [9.17, 15) is 4.39 Å². The van der Waals surface area contributed by atoms with Crippen molar-refractivity contribution in [3.8, 4) is 0 Å². The van der Waals surface area contributed by atoms with Crippen LogP contribution >= 0.6 is 0 Å². The summed E-state index contributed by atoms with van der Waals surface area (Å²) in [7, 11) is 1.89. The first-order valence-corrected chi connectivity index (χ1v) is 7.24. The van der Waals surface area contributed by atoms with Gasteiger partial charge < -0.3 is 15.0 Å². The van der Waals surface area contributed by atoms with Crippen molar-refractivity contribution in [1.82, 2.24) is 10.3 Å². The summed E-state index contributed by atoms with van der Waals surface area (Å²) >= 11 is 0. The van der Waals surface area contributed by atoms with Crippen LogP contribution in [0.25, 0.3) is 0 Å². The maximum absolute atomic E-state index is 14.5. The number of pyridine rings is 1. The van der Waals surface area contributed by atoms with Crippen LogP contribution in [-0.4, -0.2) is 37.8 Å². The van der Waals surface area contributed by atoms with Crippen LogP contribution in [0.4, 0.5) is 10.2 Å². The maximum atomic E-state index is 14.5. The number of hydrogen-bond donors (Lipinski definition) is 1. The molecular formula is C15H24FN3O. The summed E-state index contributed by atoms with van der Waals surface area (Å²) in [6.07, 6.45) is 2.60. The third kappa shape index (κ3) is 3.67. The van der Waals surface area contributed by atoms with Crippen molar-refractivity contribution in [2.24, 2.45) is 5.92 Å². The highest BCUT2D eigenvalue weighted by Gasteiger charge is 2.24. The van der Waals surface area contributed by atoms with Crippen LogP contribution in [0.2, 0.25) is 0 Å². The molecule has 1 aliphatic rings. The van der Waals surface area contributed by atoms with Gasteiger partial charge in [-0.3, -0.25) is 0 Å². The molecule has 1 fully saturated rings. The van der Waals surface area contributed by atoms with Crippen LogP contribution in [-0.2, 0) is 11.3 Å². The van der Waals surface area contributed by atoms with E-state index >= 15 is 0 Å². The lowest BCUT2D eigenvalue weighted by molar-refractivity contribution is 0.193. The van der Waals surface area contributed by atoms with Gasteiger partial charge in [0.15, 0.2) is 11.6 Å². The Morgan fingerprint density at radius 2 is 2.35 bits per heavy atom. The number of hydrogen-bond acceptors (Lipinski definition) is 4. The molecule has 0 aromatic carbocycles. The molecule has 112 valence electrons. The number of nitrogens with zero attached hydrogens (tertiary/aromatic N) is 2. The molecular weight excluding hydrogens is 257 g/mol. The molecule has 0 bridgehead atoms. The van der Waals surface area contributed by atoms with Gasteiger partial charge in [-0.2, -0.15) is 0 Å². The third-order valence-corrected chi connectivity index (χ3v) is 3.61. The Hall–Kier alpha value is -1.20. The van der Waals surface area contributed by atoms with Crippen LogP contribution in [0.5, 0.6) is 0 Å². The minimum atomic E-state index is -0.224. The third-order valence-electron chi connectivity index (χ3n) is 3.61. The first-order valence-electron chi connectivity index (χ1n) is 7.24. The van der Waals surface area contributed by atoms with Crippen molar-refractivity contribution < 1.29 is 9.13 Å². The molecule has 1 aromatic rings. The van der Waals surface area contributed by atoms with Gasteiger partial charge in [0.1, 0.15) is 0 Å². The van der Waals surface area contributed by atoms with Crippen molar-refractivity contribution in [2.75, 3.05) is 31.7 Å². The molecule has 4 nitrogen and oxygen atoms in total. The summed E-state index contributed by atoms with van der Waals surface area (Å²) in [6, 6.07) is 1.96. The molecule has 0 aliphatic carbocycles. The van der Waals surface area contributed by atoms with Gasteiger partial charge in [0.25, 0.3) is 0 Å². The predicted molar refractivity (Wildman–Crippen MR) is 78.4 cm³/mol. The minimum Gasteiger partial charge on any atom is -0.379 e. The van der Waals surface area contributed by atoms with Crippen molar-refractivity contribution in [1.29, 1.82) is 0 Å². The highest BCUT2D eigenvalue weighted by Crippen LogP contribution is 2.23. The van der Waals surface area contributed by atoms with Gasteiger partial charge in [-0.1, -0.05) is 13.8 Å². The van der Waals surface area contributed by atoms with E-state index in [0.29, 0.717) is 30.5 Å². The predicted octanol–water partition coefficient (Wildman–Crippen LogP) is 2.19.